The van der Waals surface area contributed by atoms with Gasteiger partial charge in [-0.25, -0.2) is 0 Å². The van der Waals surface area contributed by atoms with Crippen LogP contribution in [-0.4, -0.2) is 62.9 Å². The molecule has 2 fully saturated rings. The van der Waals surface area contributed by atoms with Crippen molar-refractivity contribution in [2.24, 2.45) is 0 Å². The van der Waals surface area contributed by atoms with Crippen LogP contribution in [0.4, 0.5) is 13.2 Å². The van der Waals surface area contributed by atoms with Gasteiger partial charge < -0.3 is 19.3 Å². The van der Waals surface area contributed by atoms with Crippen LogP contribution in [0, 0.1) is 11.8 Å². The molecule has 1 heterocycles. The van der Waals surface area contributed by atoms with Gasteiger partial charge in [-0.2, -0.15) is 13.2 Å². The average molecular weight is 542 g/mol. The summed E-state index contributed by atoms with van der Waals surface area (Å²) < 4.78 is 51.3. The second-order valence-corrected chi connectivity index (χ2v) is 11.0. The second-order valence-electron chi connectivity index (χ2n) is 11.0. The summed E-state index contributed by atoms with van der Waals surface area (Å²) in [4.78, 5) is 12.8. The molecule has 2 aliphatic rings. The number of likely N-dealkylation sites (tertiary alicyclic amines) is 1. The zero-order valence-electron chi connectivity index (χ0n) is 22.7. The molecule has 2 aromatic rings. The molecule has 0 radical (unpaired) electrons. The summed E-state index contributed by atoms with van der Waals surface area (Å²) in [6.45, 7) is 6.57. The number of methoxy groups -OCH3 is 2. The minimum Gasteiger partial charge on any atom is -0.497 e. The normalized spacial score (nSPS) is 28.4. The van der Waals surface area contributed by atoms with Crippen molar-refractivity contribution in [1.82, 2.24) is 5.32 Å². The molecule has 39 heavy (non-hydrogen) atoms. The van der Waals surface area contributed by atoms with Crippen LogP contribution in [0.15, 0.2) is 61.2 Å². The molecule has 0 aromatic heterocycles. The third kappa shape index (κ3) is 5.85. The number of amides is 1. The molecule has 1 unspecified atom stereocenters. The van der Waals surface area contributed by atoms with Crippen molar-refractivity contribution in [1.29, 1.82) is 0 Å². The van der Waals surface area contributed by atoms with E-state index >= 15 is 0 Å². The monoisotopic (exact) mass is 541 g/mol. The SMILES string of the molecule is C=CC[N@@+]1(C)CC[C@@]2(c3cccc(OC)c3)C[C@@H](NC(=O)C#Cc3ccc(C(F)(F)F)cc3)CCC2(OC)C1. The lowest BCUT2D eigenvalue weighted by molar-refractivity contribution is -0.918. The van der Waals surface area contributed by atoms with E-state index in [1.165, 1.54) is 12.1 Å². The van der Waals surface area contributed by atoms with Gasteiger partial charge in [-0.1, -0.05) is 24.6 Å². The molecule has 4 rings (SSSR count). The van der Waals surface area contributed by atoms with Gasteiger partial charge >= 0.3 is 6.18 Å². The number of fused-ring (bicyclic) bond motifs is 1. The van der Waals surface area contributed by atoms with Crippen LogP contribution in [0.5, 0.6) is 5.75 Å². The van der Waals surface area contributed by atoms with Crippen molar-refractivity contribution >= 4 is 5.91 Å². The number of likely N-dealkylation sites (N-methyl/N-ethyl adjacent to an activating group) is 1. The zero-order chi connectivity index (χ0) is 28.3. The molecule has 8 heteroatoms. The lowest BCUT2D eigenvalue weighted by Crippen LogP contribution is -2.72. The minimum absolute atomic E-state index is 0.134. The molecule has 1 aliphatic carbocycles. The fourth-order valence-electron chi connectivity index (χ4n) is 6.56. The van der Waals surface area contributed by atoms with Crippen LogP contribution < -0.4 is 10.1 Å². The van der Waals surface area contributed by atoms with Gasteiger partial charge in [0, 0.05) is 36.5 Å². The molecule has 0 spiro atoms. The highest BCUT2D eigenvalue weighted by molar-refractivity contribution is 5.94. The molecule has 0 bridgehead atoms. The molecule has 1 aliphatic heterocycles. The van der Waals surface area contributed by atoms with Crippen LogP contribution in [0.1, 0.15) is 42.4 Å². The zero-order valence-corrected chi connectivity index (χ0v) is 22.7. The van der Waals surface area contributed by atoms with E-state index in [9.17, 15) is 18.0 Å². The molecule has 5 nitrogen and oxygen atoms in total. The van der Waals surface area contributed by atoms with Crippen molar-refractivity contribution in [2.45, 2.75) is 48.9 Å². The first-order chi connectivity index (χ1) is 18.5. The van der Waals surface area contributed by atoms with Crippen LogP contribution in [0.3, 0.4) is 0 Å². The Morgan fingerprint density at radius 1 is 1.21 bits per heavy atom. The predicted molar refractivity (Wildman–Crippen MR) is 144 cm³/mol. The molecular weight excluding hydrogens is 505 g/mol. The van der Waals surface area contributed by atoms with E-state index in [-0.39, 0.29) is 11.5 Å². The molecule has 1 N–H and O–H groups in total. The van der Waals surface area contributed by atoms with Gasteiger partial charge in [-0.15, -0.1) is 0 Å². The first-order valence-electron chi connectivity index (χ1n) is 13.1. The predicted octanol–water partition coefficient (Wildman–Crippen LogP) is 5.09. The number of carbonyl (C=O) groups is 1. The van der Waals surface area contributed by atoms with E-state index in [0.717, 1.165) is 66.8 Å². The quantitative estimate of drug-likeness (QED) is 0.315. The molecule has 1 amide bonds. The second kappa shape index (κ2) is 11.1. The maximum Gasteiger partial charge on any atom is 0.416 e. The van der Waals surface area contributed by atoms with E-state index in [2.05, 4.69) is 42.9 Å². The Balaban J connectivity index is 1.59. The van der Waals surface area contributed by atoms with Crippen LogP contribution in [-0.2, 0) is 21.1 Å². The van der Waals surface area contributed by atoms with E-state index in [0.29, 0.717) is 12.0 Å². The third-order valence-corrected chi connectivity index (χ3v) is 8.53. The Bertz CT molecular complexity index is 1270. The maximum absolute atomic E-state index is 12.8. The average Bonchev–Trinajstić information content (AvgIpc) is 2.92. The van der Waals surface area contributed by atoms with Crippen LogP contribution in [0.25, 0.3) is 0 Å². The number of quaternary nitrogens is 1. The molecule has 4 atom stereocenters. The van der Waals surface area contributed by atoms with Crippen molar-refractivity contribution in [3.8, 4) is 17.6 Å². The Labute approximate surface area is 228 Å². The van der Waals surface area contributed by atoms with Crippen molar-refractivity contribution < 1.29 is 31.9 Å². The molecular formula is C31H36F3N2O3+. The number of piperidine rings is 1. The van der Waals surface area contributed by atoms with E-state index in [4.69, 9.17) is 9.47 Å². The fourth-order valence-corrected chi connectivity index (χ4v) is 6.56. The summed E-state index contributed by atoms with van der Waals surface area (Å²) in [6, 6.07) is 12.5. The number of alkyl halides is 3. The smallest absolute Gasteiger partial charge is 0.416 e. The van der Waals surface area contributed by atoms with Gasteiger partial charge in [0.05, 0.1) is 32.8 Å². The standard InChI is InChI=1S/C31H35F3N2O3/c1-5-18-36(2)19-17-29(25-7-6-8-27(20-25)38-3)21-26(15-16-30(29,22-36)39-4)35-28(37)14-11-23-9-12-24(13-10-23)31(32,33)34/h5-10,12-13,20,26H,1,15-19,21-22H2,2-4H3/p+1/t26-,29-,30?,36-/m0/s1. The number of halogens is 3. The van der Waals surface area contributed by atoms with E-state index in [1.807, 2.05) is 18.2 Å². The Kier molecular flexibility index (Phi) is 8.15. The number of nitrogens with one attached hydrogen (secondary N) is 1. The highest BCUT2D eigenvalue weighted by Gasteiger charge is 2.62. The van der Waals surface area contributed by atoms with E-state index in [1.54, 1.807) is 14.2 Å². The number of hydrogen-bond acceptors (Lipinski definition) is 3. The summed E-state index contributed by atoms with van der Waals surface area (Å²) >= 11 is 0. The fraction of sp³-hybridized carbons (Fsp3) is 0.452. The number of ether oxygens (including phenoxy) is 2. The van der Waals surface area contributed by atoms with Crippen molar-refractivity contribution in [3.63, 3.8) is 0 Å². The number of rotatable bonds is 6. The molecule has 208 valence electrons. The third-order valence-electron chi connectivity index (χ3n) is 8.53. The summed E-state index contributed by atoms with van der Waals surface area (Å²) in [7, 11) is 5.67. The first kappa shape index (κ1) is 28.7. The molecule has 1 saturated carbocycles. The Morgan fingerprint density at radius 2 is 1.95 bits per heavy atom. The Morgan fingerprint density at radius 3 is 2.59 bits per heavy atom. The minimum atomic E-state index is -4.42. The highest BCUT2D eigenvalue weighted by Crippen LogP contribution is 2.54. The van der Waals surface area contributed by atoms with Crippen LogP contribution in [0.2, 0.25) is 0 Å². The van der Waals surface area contributed by atoms with Gasteiger partial charge in [0.1, 0.15) is 17.9 Å². The summed E-state index contributed by atoms with van der Waals surface area (Å²) in [6.07, 6.45) is 0.562. The number of benzene rings is 2. The van der Waals surface area contributed by atoms with Gasteiger partial charge in [-0.05, 0) is 67.3 Å². The van der Waals surface area contributed by atoms with Crippen molar-refractivity contribution in [2.75, 3.05) is 40.9 Å². The molecule has 2 aromatic carbocycles. The van der Waals surface area contributed by atoms with Crippen molar-refractivity contribution in [3.05, 3.63) is 77.9 Å². The van der Waals surface area contributed by atoms with Crippen LogP contribution >= 0.6 is 0 Å². The largest absolute Gasteiger partial charge is 0.497 e. The summed E-state index contributed by atoms with van der Waals surface area (Å²) in [5.74, 6) is 5.56. The highest BCUT2D eigenvalue weighted by atomic mass is 19.4. The lowest BCUT2D eigenvalue weighted by atomic mass is 9.54. The topological polar surface area (TPSA) is 47.6 Å². The van der Waals surface area contributed by atoms with Gasteiger partial charge in [0.15, 0.2) is 0 Å². The Hall–Kier alpha value is -3.28. The number of carbonyl (C=O) groups excluding carboxylic acids is 1. The number of nitrogens with zero attached hydrogens (tertiary/aromatic N) is 1. The van der Waals surface area contributed by atoms with Gasteiger partial charge in [-0.3, -0.25) is 4.79 Å². The van der Waals surface area contributed by atoms with E-state index < -0.39 is 23.2 Å². The summed E-state index contributed by atoms with van der Waals surface area (Å²) in [5, 5.41) is 3.07. The maximum atomic E-state index is 12.8. The lowest BCUT2D eigenvalue weighted by Gasteiger charge is -2.61. The van der Waals surface area contributed by atoms with Gasteiger partial charge in [0.25, 0.3) is 5.91 Å². The van der Waals surface area contributed by atoms with Gasteiger partial charge in [0.2, 0.25) is 0 Å². The number of hydrogen-bond donors (Lipinski definition) is 1. The first-order valence-corrected chi connectivity index (χ1v) is 13.1. The molecule has 1 saturated heterocycles. The summed E-state index contributed by atoms with van der Waals surface area (Å²) in [5.41, 5.74) is -0.0724.